The fourth-order valence-corrected chi connectivity index (χ4v) is 1.35. The molecule has 0 aliphatic rings. The molecule has 0 bridgehead atoms. The number of benzene rings is 1. The number of carbonyl (C=O) groups excluding carboxylic acids is 1. The van der Waals surface area contributed by atoms with Crippen LogP contribution in [0.5, 0.6) is 0 Å². The third kappa shape index (κ3) is 4.23. The first-order valence-electron chi connectivity index (χ1n) is 5.65. The van der Waals surface area contributed by atoms with Gasteiger partial charge in [0.1, 0.15) is 0 Å². The molecule has 0 heterocycles. The summed E-state index contributed by atoms with van der Waals surface area (Å²) in [6.07, 6.45) is 2.87. The SMILES string of the molecule is CC(C)C(=O)C(C=NCc1ccccc1)=CN. The van der Waals surface area contributed by atoms with Crippen LogP contribution in [0.2, 0.25) is 0 Å². The Morgan fingerprint density at radius 3 is 2.53 bits per heavy atom. The van der Waals surface area contributed by atoms with Crippen molar-refractivity contribution in [3.63, 3.8) is 0 Å². The van der Waals surface area contributed by atoms with Crippen molar-refractivity contribution < 1.29 is 4.79 Å². The van der Waals surface area contributed by atoms with E-state index in [0.717, 1.165) is 5.56 Å². The van der Waals surface area contributed by atoms with Crippen molar-refractivity contribution in [1.82, 2.24) is 0 Å². The van der Waals surface area contributed by atoms with Gasteiger partial charge < -0.3 is 5.73 Å². The molecule has 90 valence electrons. The van der Waals surface area contributed by atoms with Gasteiger partial charge in [-0.15, -0.1) is 0 Å². The fraction of sp³-hybridized carbons (Fsp3) is 0.286. The van der Waals surface area contributed by atoms with E-state index in [1.807, 2.05) is 44.2 Å². The van der Waals surface area contributed by atoms with Gasteiger partial charge in [-0.25, -0.2) is 0 Å². The molecule has 17 heavy (non-hydrogen) atoms. The maximum Gasteiger partial charge on any atom is 0.168 e. The minimum Gasteiger partial charge on any atom is -0.404 e. The van der Waals surface area contributed by atoms with Gasteiger partial charge in [0.05, 0.1) is 12.1 Å². The number of carbonyl (C=O) groups is 1. The predicted octanol–water partition coefficient (Wildman–Crippen LogP) is 2.33. The van der Waals surface area contributed by atoms with Gasteiger partial charge in [-0.3, -0.25) is 9.79 Å². The van der Waals surface area contributed by atoms with Crippen molar-refractivity contribution in [3.05, 3.63) is 47.7 Å². The molecular weight excluding hydrogens is 212 g/mol. The van der Waals surface area contributed by atoms with Crippen LogP contribution in [0.4, 0.5) is 0 Å². The van der Waals surface area contributed by atoms with Crippen LogP contribution in [-0.2, 0) is 11.3 Å². The van der Waals surface area contributed by atoms with Crippen molar-refractivity contribution in [1.29, 1.82) is 0 Å². The molecule has 0 aromatic heterocycles. The summed E-state index contributed by atoms with van der Waals surface area (Å²) in [4.78, 5) is 15.9. The number of hydrogen-bond acceptors (Lipinski definition) is 3. The maximum atomic E-state index is 11.7. The number of allylic oxidation sites excluding steroid dienone is 1. The average molecular weight is 230 g/mol. The van der Waals surface area contributed by atoms with Crippen LogP contribution in [-0.4, -0.2) is 12.0 Å². The lowest BCUT2D eigenvalue weighted by molar-refractivity contribution is -0.117. The maximum absolute atomic E-state index is 11.7. The highest BCUT2D eigenvalue weighted by Crippen LogP contribution is 2.04. The summed E-state index contributed by atoms with van der Waals surface area (Å²) in [7, 11) is 0. The second-order valence-corrected chi connectivity index (χ2v) is 4.10. The van der Waals surface area contributed by atoms with Crippen molar-refractivity contribution in [2.24, 2.45) is 16.6 Å². The average Bonchev–Trinajstić information content (AvgIpc) is 2.35. The van der Waals surface area contributed by atoms with Crippen LogP contribution < -0.4 is 5.73 Å². The first kappa shape index (κ1) is 13.2. The lowest BCUT2D eigenvalue weighted by Gasteiger charge is -2.03. The van der Waals surface area contributed by atoms with Gasteiger partial charge in [-0.05, 0) is 5.56 Å². The Bertz CT molecular complexity index is 419. The largest absolute Gasteiger partial charge is 0.404 e. The Morgan fingerprint density at radius 2 is 2.00 bits per heavy atom. The van der Waals surface area contributed by atoms with E-state index in [2.05, 4.69) is 4.99 Å². The van der Waals surface area contributed by atoms with E-state index in [9.17, 15) is 4.79 Å². The minimum absolute atomic E-state index is 0.0179. The van der Waals surface area contributed by atoms with Crippen LogP contribution in [0.1, 0.15) is 19.4 Å². The Hall–Kier alpha value is -1.90. The molecule has 0 radical (unpaired) electrons. The number of nitrogens with zero attached hydrogens (tertiary/aromatic N) is 1. The predicted molar refractivity (Wildman–Crippen MR) is 70.8 cm³/mol. The Morgan fingerprint density at radius 1 is 1.35 bits per heavy atom. The molecule has 3 heteroatoms. The second kappa shape index (κ2) is 6.63. The van der Waals surface area contributed by atoms with E-state index in [-0.39, 0.29) is 11.7 Å². The number of rotatable bonds is 5. The molecule has 0 atom stereocenters. The van der Waals surface area contributed by atoms with E-state index >= 15 is 0 Å². The van der Waals surface area contributed by atoms with Crippen molar-refractivity contribution in [2.45, 2.75) is 20.4 Å². The Labute approximate surface area is 102 Å². The van der Waals surface area contributed by atoms with Gasteiger partial charge in [0, 0.05) is 18.3 Å². The summed E-state index contributed by atoms with van der Waals surface area (Å²) in [5.74, 6) is -0.0442. The summed E-state index contributed by atoms with van der Waals surface area (Å²) >= 11 is 0. The summed E-state index contributed by atoms with van der Waals surface area (Å²) in [5.41, 5.74) is 6.99. The zero-order valence-electron chi connectivity index (χ0n) is 10.3. The van der Waals surface area contributed by atoms with Crippen LogP contribution in [0.15, 0.2) is 47.1 Å². The molecule has 0 saturated heterocycles. The quantitative estimate of drug-likeness (QED) is 0.623. The normalized spacial score (nSPS) is 12.3. The highest BCUT2D eigenvalue weighted by atomic mass is 16.1. The van der Waals surface area contributed by atoms with Gasteiger partial charge >= 0.3 is 0 Å². The lowest BCUT2D eigenvalue weighted by atomic mass is 10.0. The molecule has 2 N–H and O–H groups in total. The zero-order valence-corrected chi connectivity index (χ0v) is 10.3. The molecular formula is C14H18N2O. The summed E-state index contributed by atoms with van der Waals surface area (Å²) < 4.78 is 0. The first-order chi connectivity index (χ1) is 8.15. The molecule has 0 fully saturated rings. The summed E-state index contributed by atoms with van der Waals surface area (Å²) in [6.45, 7) is 4.25. The Balaban J connectivity index is 2.62. The van der Waals surface area contributed by atoms with Gasteiger partial charge in [-0.1, -0.05) is 44.2 Å². The standard InChI is InChI=1S/C14H18N2O/c1-11(2)14(17)13(8-15)10-16-9-12-6-4-3-5-7-12/h3-8,10-11H,9,15H2,1-2H3. The molecule has 1 aromatic carbocycles. The van der Waals surface area contributed by atoms with Crippen LogP contribution in [0, 0.1) is 5.92 Å². The van der Waals surface area contributed by atoms with Crippen molar-refractivity contribution in [2.75, 3.05) is 0 Å². The fourth-order valence-electron chi connectivity index (χ4n) is 1.35. The molecule has 1 rings (SSSR count). The summed E-state index contributed by atoms with van der Waals surface area (Å²) in [5, 5.41) is 0. The van der Waals surface area contributed by atoms with E-state index in [0.29, 0.717) is 12.1 Å². The molecule has 0 aliphatic heterocycles. The molecule has 3 nitrogen and oxygen atoms in total. The monoisotopic (exact) mass is 230 g/mol. The lowest BCUT2D eigenvalue weighted by Crippen LogP contribution is -2.12. The number of hydrogen-bond donors (Lipinski definition) is 1. The molecule has 0 spiro atoms. The number of Topliss-reactive ketones (excluding diaryl/α,β-unsaturated/α-hetero) is 1. The molecule has 0 amide bonds. The molecule has 0 unspecified atom stereocenters. The number of aliphatic imine (C=N–C) groups is 1. The van der Waals surface area contributed by atoms with Gasteiger partial charge in [0.15, 0.2) is 5.78 Å². The minimum atomic E-state index is -0.0621. The number of ketones is 1. The number of nitrogens with two attached hydrogens (primary N) is 1. The van der Waals surface area contributed by atoms with Crippen molar-refractivity contribution >= 4 is 12.0 Å². The van der Waals surface area contributed by atoms with Gasteiger partial charge in [0.25, 0.3) is 0 Å². The molecule has 0 saturated carbocycles. The van der Waals surface area contributed by atoms with E-state index in [1.54, 1.807) is 6.21 Å². The van der Waals surface area contributed by atoms with E-state index < -0.39 is 0 Å². The van der Waals surface area contributed by atoms with Crippen LogP contribution in [0.25, 0.3) is 0 Å². The van der Waals surface area contributed by atoms with Gasteiger partial charge in [-0.2, -0.15) is 0 Å². The van der Waals surface area contributed by atoms with Crippen molar-refractivity contribution in [3.8, 4) is 0 Å². The summed E-state index contributed by atoms with van der Waals surface area (Å²) in [6, 6.07) is 9.87. The highest BCUT2D eigenvalue weighted by molar-refractivity contribution is 6.13. The highest BCUT2D eigenvalue weighted by Gasteiger charge is 2.10. The third-order valence-corrected chi connectivity index (χ3v) is 2.34. The van der Waals surface area contributed by atoms with Gasteiger partial charge in [0.2, 0.25) is 0 Å². The smallest absolute Gasteiger partial charge is 0.168 e. The third-order valence-electron chi connectivity index (χ3n) is 2.34. The van der Waals surface area contributed by atoms with Crippen LogP contribution in [0.3, 0.4) is 0 Å². The first-order valence-corrected chi connectivity index (χ1v) is 5.65. The van der Waals surface area contributed by atoms with Crippen LogP contribution >= 0.6 is 0 Å². The second-order valence-electron chi connectivity index (χ2n) is 4.10. The van der Waals surface area contributed by atoms with E-state index in [1.165, 1.54) is 6.20 Å². The van der Waals surface area contributed by atoms with E-state index in [4.69, 9.17) is 5.73 Å². The topological polar surface area (TPSA) is 55.5 Å². The Kier molecular flexibility index (Phi) is 5.14. The zero-order chi connectivity index (χ0) is 12.7. The molecule has 0 aliphatic carbocycles. The molecule has 1 aromatic rings.